The number of hydrogen-bond acceptors (Lipinski definition) is 3. The molecule has 1 aliphatic heterocycles. The van der Waals surface area contributed by atoms with Crippen LogP contribution in [0.2, 0.25) is 0 Å². The van der Waals surface area contributed by atoms with Gasteiger partial charge in [-0.1, -0.05) is 17.7 Å². The first-order chi connectivity index (χ1) is 8.57. The lowest BCUT2D eigenvalue weighted by molar-refractivity contribution is -0.121. The van der Waals surface area contributed by atoms with E-state index in [4.69, 9.17) is 9.47 Å². The van der Waals surface area contributed by atoms with E-state index in [0.717, 1.165) is 6.42 Å². The molecular formula is C15H20O3. The Kier molecular flexibility index (Phi) is 3.71. The van der Waals surface area contributed by atoms with Gasteiger partial charge < -0.3 is 9.47 Å². The zero-order chi connectivity index (χ0) is 13.2. The van der Waals surface area contributed by atoms with Gasteiger partial charge in [0, 0.05) is 18.4 Å². The number of fused-ring (bicyclic) bond motifs is 1. The Balaban J connectivity index is 2.26. The highest BCUT2D eigenvalue weighted by molar-refractivity contribution is 5.93. The second-order valence-corrected chi connectivity index (χ2v) is 5.22. The van der Waals surface area contributed by atoms with Crippen molar-refractivity contribution in [3.8, 4) is 0 Å². The summed E-state index contributed by atoms with van der Waals surface area (Å²) in [5, 5.41) is 0. The third-order valence-electron chi connectivity index (χ3n) is 3.54. The Morgan fingerprint density at radius 3 is 3.06 bits per heavy atom. The number of ketones is 1. The molecule has 2 rings (SSSR count). The fourth-order valence-corrected chi connectivity index (χ4v) is 2.50. The minimum Gasteiger partial charge on any atom is -0.469 e. The van der Waals surface area contributed by atoms with Gasteiger partial charge in [-0.05, 0) is 26.7 Å². The van der Waals surface area contributed by atoms with Crippen molar-refractivity contribution in [2.45, 2.75) is 38.7 Å². The van der Waals surface area contributed by atoms with E-state index < -0.39 is 5.60 Å². The van der Waals surface area contributed by atoms with Gasteiger partial charge >= 0.3 is 0 Å². The third-order valence-corrected chi connectivity index (χ3v) is 3.54. The third kappa shape index (κ3) is 2.41. The van der Waals surface area contributed by atoms with Gasteiger partial charge in [0.15, 0.2) is 12.6 Å². The summed E-state index contributed by atoms with van der Waals surface area (Å²) in [5.74, 6) is 0.798. The van der Waals surface area contributed by atoms with Crippen LogP contribution in [-0.4, -0.2) is 18.2 Å². The summed E-state index contributed by atoms with van der Waals surface area (Å²) in [7, 11) is 0. The van der Waals surface area contributed by atoms with Crippen LogP contribution >= 0.6 is 0 Å². The second-order valence-electron chi connectivity index (χ2n) is 5.22. The molecule has 2 aliphatic rings. The Morgan fingerprint density at radius 2 is 2.39 bits per heavy atom. The second kappa shape index (κ2) is 5.11. The molecule has 0 amide bonds. The summed E-state index contributed by atoms with van der Waals surface area (Å²) in [6, 6.07) is 0. The molecule has 3 heteroatoms. The Hall–Kier alpha value is -1.35. The normalized spacial score (nSPS) is 30.2. The molecular weight excluding hydrogens is 228 g/mol. The van der Waals surface area contributed by atoms with Crippen molar-refractivity contribution in [3.63, 3.8) is 0 Å². The van der Waals surface area contributed by atoms with Crippen LogP contribution in [0.25, 0.3) is 0 Å². The van der Waals surface area contributed by atoms with Crippen molar-refractivity contribution in [3.05, 3.63) is 36.1 Å². The molecule has 0 aromatic heterocycles. The van der Waals surface area contributed by atoms with Crippen molar-refractivity contribution >= 4 is 5.78 Å². The highest BCUT2D eigenvalue weighted by atomic mass is 16.7. The van der Waals surface area contributed by atoms with Gasteiger partial charge in [-0.15, -0.1) is 6.58 Å². The van der Waals surface area contributed by atoms with Gasteiger partial charge in [0.05, 0.1) is 0 Å². The van der Waals surface area contributed by atoms with E-state index in [1.807, 2.05) is 0 Å². The lowest BCUT2D eigenvalue weighted by Gasteiger charge is -2.32. The fraction of sp³-hybridized carbons (Fsp3) is 0.533. The molecule has 98 valence electrons. The number of ether oxygens (including phenoxy) is 2. The average molecular weight is 248 g/mol. The minimum atomic E-state index is -0.432. The molecule has 1 aliphatic carbocycles. The number of hydrogen-bond donors (Lipinski definition) is 0. The largest absolute Gasteiger partial charge is 0.469 e. The van der Waals surface area contributed by atoms with E-state index in [1.54, 1.807) is 12.2 Å². The molecule has 3 nitrogen and oxygen atoms in total. The molecule has 18 heavy (non-hydrogen) atoms. The van der Waals surface area contributed by atoms with E-state index >= 15 is 0 Å². The van der Waals surface area contributed by atoms with Crippen molar-refractivity contribution in [2.75, 3.05) is 6.79 Å². The number of rotatable bonds is 4. The van der Waals surface area contributed by atoms with E-state index in [1.165, 1.54) is 5.57 Å². The molecule has 0 aromatic rings. The van der Waals surface area contributed by atoms with Crippen molar-refractivity contribution in [1.82, 2.24) is 0 Å². The number of allylic oxidation sites excluding steroid dienone is 3. The van der Waals surface area contributed by atoms with E-state index in [2.05, 4.69) is 26.5 Å². The topological polar surface area (TPSA) is 35.5 Å². The maximum atomic E-state index is 11.9. The Bertz CT molecular complexity index is 415. The molecule has 0 saturated carbocycles. The molecule has 2 unspecified atom stereocenters. The molecule has 1 fully saturated rings. The first-order valence-corrected chi connectivity index (χ1v) is 6.34. The maximum Gasteiger partial charge on any atom is 0.189 e. The predicted molar refractivity (Wildman–Crippen MR) is 69.8 cm³/mol. The summed E-state index contributed by atoms with van der Waals surface area (Å²) in [4.78, 5) is 11.9. The quantitative estimate of drug-likeness (QED) is 0.717. The van der Waals surface area contributed by atoms with Crippen LogP contribution in [0.5, 0.6) is 0 Å². The van der Waals surface area contributed by atoms with Crippen LogP contribution in [-0.2, 0) is 14.3 Å². The van der Waals surface area contributed by atoms with Crippen LogP contribution in [0, 0.1) is 5.92 Å². The summed E-state index contributed by atoms with van der Waals surface area (Å²) in [6.45, 7) is 8.08. The zero-order valence-electron chi connectivity index (χ0n) is 11.1. The monoisotopic (exact) mass is 248 g/mol. The van der Waals surface area contributed by atoms with E-state index in [9.17, 15) is 4.79 Å². The van der Waals surface area contributed by atoms with Crippen LogP contribution in [0.3, 0.4) is 0 Å². The van der Waals surface area contributed by atoms with E-state index in [0.29, 0.717) is 18.6 Å². The number of carbonyl (C=O) groups excluding carboxylic acids is 1. The van der Waals surface area contributed by atoms with Crippen molar-refractivity contribution < 1.29 is 14.3 Å². The first kappa shape index (κ1) is 13.1. The summed E-state index contributed by atoms with van der Waals surface area (Å²) in [5.41, 5.74) is 0.815. The standard InChI is InChI=1S/C15H20O3/c1-4-5-12-9-15(7-6-11(2)3)14(8-13(12)16)17-10-18-15/h4,6,8,12H,1,5,7,9-10H2,2-3H3. The summed E-state index contributed by atoms with van der Waals surface area (Å²) in [6.07, 6.45) is 7.71. The van der Waals surface area contributed by atoms with Crippen LogP contribution < -0.4 is 0 Å². The first-order valence-electron chi connectivity index (χ1n) is 6.34. The zero-order valence-corrected chi connectivity index (χ0v) is 11.1. The average Bonchev–Trinajstić information content (AvgIpc) is 2.71. The summed E-state index contributed by atoms with van der Waals surface area (Å²) >= 11 is 0. The predicted octanol–water partition coefficient (Wildman–Crippen LogP) is 3.13. The van der Waals surface area contributed by atoms with Crippen LogP contribution in [0.15, 0.2) is 36.1 Å². The van der Waals surface area contributed by atoms with Crippen LogP contribution in [0.1, 0.15) is 33.1 Å². The van der Waals surface area contributed by atoms with E-state index in [-0.39, 0.29) is 18.5 Å². The lowest BCUT2D eigenvalue weighted by atomic mass is 9.77. The Labute approximate surface area is 108 Å². The van der Waals surface area contributed by atoms with Crippen molar-refractivity contribution in [1.29, 1.82) is 0 Å². The molecule has 0 bridgehead atoms. The highest BCUT2D eigenvalue weighted by Crippen LogP contribution is 2.43. The Morgan fingerprint density at radius 1 is 1.61 bits per heavy atom. The van der Waals surface area contributed by atoms with Gasteiger partial charge in [0.1, 0.15) is 11.4 Å². The molecule has 1 saturated heterocycles. The molecule has 0 aromatic carbocycles. The SMILES string of the molecule is C=CCC1CC2(CC=C(C)C)OCOC2=CC1=O. The fourth-order valence-electron chi connectivity index (χ4n) is 2.50. The molecule has 0 N–H and O–H groups in total. The van der Waals surface area contributed by atoms with Gasteiger partial charge in [-0.3, -0.25) is 4.79 Å². The smallest absolute Gasteiger partial charge is 0.189 e. The molecule has 2 atom stereocenters. The molecule has 0 radical (unpaired) electrons. The summed E-state index contributed by atoms with van der Waals surface area (Å²) < 4.78 is 11.3. The van der Waals surface area contributed by atoms with Gasteiger partial charge in [-0.25, -0.2) is 0 Å². The molecule has 1 heterocycles. The maximum absolute atomic E-state index is 11.9. The minimum absolute atomic E-state index is 0.0292. The molecule has 0 spiro atoms. The van der Waals surface area contributed by atoms with Gasteiger partial charge in [0.25, 0.3) is 0 Å². The van der Waals surface area contributed by atoms with Crippen molar-refractivity contribution in [2.24, 2.45) is 5.92 Å². The van der Waals surface area contributed by atoms with Gasteiger partial charge in [0.2, 0.25) is 0 Å². The van der Waals surface area contributed by atoms with Crippen LogP contribution in [0.4, 0.5) is 0 Å². The number of carbonyl (C=O) groups is 1. The highest BCUT2D eigenvalue weighted by Gasteiger charge is 2.47. The lowest BCUT2D eigenvalue weighted by Crippen LogP contribution is -2.38. The van der Waals surface area contributed by atoms with Gasteiger partial charge in [-0.2, -0.15) is 0 Å².